The minimum absolute atomic E-state index is 0.00939. The van der Waals surface area contributed by atoms with Crippen LogP contribution < -0.4 is 5.49 Å². The fourth-order valence-corrected chi connectivity index (χ4v) is 4.93. The molecule has 28 heavy (non-hydrogen) atoms. The third-order valence-corrected chi connectivity index (χ3v) is 6.46. The molecule has 0 spiro atoms. The topological polar surface area (TPSA) is 73.4 Å². The predicted molar refractivity (Wildman–Crippen MR) is 91.7 cm³/mol. The van der Waals surface area contributed by atoms with Crippen LogP contribution in [0.1, 0.15) is 34.1 Å². The van der Waals surface area contributed by atoms with E-state index in [0.717, 1.165) is 12.1 Å². The lowest BCUT2D eigenvalue weighted by Crippen LogP contribution is -2.29. The lowest BCUT2D eigenvalue weighted by Gasteiger charge is -2.15. The predicted octanol–water partition coefficient (Wildman–Crippen LogP) is 2.39. The fourth-order valence-electron chi connectivity index (χ4n) is 3.23. The molecule has 1 aliphatic heterocycles. The summed E-state index contributed by atoms with van der Waals surface area (Å²) in [6.07, 6.45) is -4.62. The summed E-state index contributed by atoms with van der Waals surface area (Å²) in [5.74, 6) is -3.01. The number of halogens is 4. The zero-order chi connectivity index (χ0) is 20.9. The third kappa shape index (κ3) is 3.75. The highest BCUT2D eigenvalue weighted by atomic mass is 32.2. The van der Waals surface area contributed by atoms with Crippen molar-refractivity contribution < 1.29 is 30.8 Å². The Morgan fingerprint density at radius 3 is 2.54 bits per heavy atom. The molecule has 3 rings (SSSR count). The molecule has 2 heterocycles. The number of amides is 1. The lowest BCUT2D eigenvalue weighted by atomic mass is 10.1. The first-order valence-corrected chi connectivity index (χ1v) is 10.1. The normalized spacial score (nSPS) is 19.9. The molecule has 1 fully saturated rings. The maximum Gasteiger partial charge on any atom is 0.419 e. The molecule has 1 aromatic carbocycles. The van der Waals surface area contributed by atoms with Crippen LogP contribution >= 0.6 is 0 Å². The van der Waals surface area contributed by atoms with Gasteiger partial charge in [-0.1, -0.05) is 6.07 Å². The second kappa shape index (κ2) is 6.87. The van der Waals surface area contributed by atoms with Gasteiger partial charge in [-0.2, -0.15) is 18.2 Å². The van der Waals surface area contributed by atoms with Gasteiger partial charge >= 0.3 is 6.18 Å². The zero-order valence-electron chi connectivity index (χ0n) is 15.0. The number of hydrogen-bond acceptors (Lipinski definition) is 3. The first-order valence-electron chi connectivity index (χ1n) is 8.31. The molecule has 1 aromatic heterocycles. The minimum atomic E-state index is -4.94. The highest BCUT2D eigenvalue weighted by Crippen LogP contribution is 2.32. The second-order valence-corrected chi connectivity index (χ2v) is 8.88. The van der Waals surface area contributed by atoms with E-state index in [-0.39, 0.29) is 17.0 Å². The Bertz CT molecular complexity index is 1110. The number of sulfone groups is 1. The van der Waals surface area contributed by atoms with Gasteiger partial charge in [0.15, 0.2) is 15.3 Å². The van der Waals surface area contributed by atoms with E-state index in [1.165, 1.54) is 10.7 Å². The third-order valence-electron chi connectivity index (χ3n) is 4.71. The molecule has 1 saturated heterocycles. The Morgan fingerprint density at radius 1 is 1.29 bits per heavy atom. The van der Waals surface area contributed by atoms with Gasteiger partial charge in [0, 0.05) is 18.8 Å². The molecular formula is C17H17F4N3O3S. The minimum Gasteiger partial charge on any atom is -0.291 e. The van der Waals surface area contributed by atoms with Gasteiger partial charge < -0.3 is 0 Å². The second-order valence-electron chi connectivity index (χ2n) is 6.65. The summed E-state index contributed by atoms with van der Waals surface area (Å²) >= 11 is 0. The maximum atomic E-state index is 14.2. The number of alkyl halides is 3. The highest BCUT2D eigenvalue weighted by molar-refractivity contribution is 7.91. The van der Waals surface area contributed by atoms with Crippen LogP contribution in [0.2, 0.25) is 0 Å². The molecule has 152 valence electrons. The Morgan fingerprint density at radius 2 is 1.96 bits per heavy atom. The average Bonchev–Trinajstić information content (AvgIpc) is 3.05. The van der Waals surface area contributed by atoms with Crippen molar-refractivity contribution in [2.24, 2.45) is 12.0 Å². The summed E-state index contributed by atoms with van der Waals surface area (Å²) in [7, 11) is -1.58. The van der Waals surface area contributed by atoms with Gasteiger partial charge in [-0.05, 0) is 25.5 Å². The number of aromatic nitrogens is 2. The fraction of sp³-hybridized carbons (Fsp3) is 0.412. The summed E-state index contributed by atoms with van der Waals surface area (Å²) in [5.41, 5.74) is -1.64. The van der Waals surface area contributed by atoms with E-state index < -0.39 is 44.9 Å². The first kappa shape index (κ1) is 20.3. The van der Waals surface area contributed by atoms with Gasteiger partial charge in [0.2, 0.25) is 0 Å². The van der Waals surface area contributed by atoms with Gasteiger partial charge in [-0.3, -0.25) is 14.2 Å². The van der Waals surface area contributed by atoms with Gasteiger partial charge in [0.1, 0.15) is 5.82 Å². The number of benzene rings is 1. The van der Waals surface area contributed by atoms with E-state index in [1.807, 2.05) is 0 Å². The van der Waals surface area contributed by atoms with Crippen molar-refractivity contribution in [3.8, 4) is 0 Å². The number of hydrogen-bond donors (Lipinski definition) is 0. The largest absolute Gasteiger partial charge is 0.419 e. The molecule has 1 amide bonds. The molecule has 0 saturated carbocycles. The van der Waals surface area contributed by atoms with Crippen LogP contribution in [-0.2, 0) is 23.1 Å². The Hall–Kier alpha value is -2.43. The molecule has 0 radical (unpaired) electrons. The van der Waals surface area contributed by atoms with Crippen molar-refractivity contribution in [1.82, 2.24) is 9.36 Å². The molecule has 0 bridgehead atoms. The molecule has 1 aliphatic rings. The van der Waals surface area contributed by atoms with E-state index in [9.17, 15) is 30.8 Å². The van der Waals surface area contributed by atoms with Crippen LogP contribution in [0.5, 0.6) is 0 Å². The monoisotopic (exact) mass is 419 g/mol. The summed E-state index contributed by atoms with van der Waals surface area (Å²) in [6.45, 7) is 1.70. The number of nitrogens with zero attached hydrogens (tertiary/aromatic N) is 3. The SMILES string of the molecule is Cc1cc(=NC(=O)c2cccc(C(F)(F)F)c2F)n(C2CCS(=O)(=O)C2)n1C. The van der Waals surface area contributed by atoms with E-state index in [1.54, 1.807) is 18.7 Å². The van der Waals surface area contributed by atoms with Crippen molar-refractivity contribution in [2.45, 2.75) is 25.6 Å². The van der Waals surface area contributed by atoms with Crippen LogP contribution in [0.4, 0.5) is 17.6 Å². The Labute approximate surface area is 158 Å². The van der Waals surface area contributed by atoms with Crippen molar-refractivity contribution in [3.05, 3.63) is 52.4 Å². The van der Waals surface area contributed by atoms with Crippen LogP contribution in [0, 0.1) is 12.7 Å². The lowest BCUT2D eigenvalue weighted by molar-refractivity contribution is -0.140. The molecular weight excluding hydrogens is 402 g/mol. The van der Waals surface area contributed by atoms with E-state index in [0.29, 0.717) is 18.2 Å². The standard InChI is InChI=1S/C17H17F4N3O3S/c1-10-8-14(24(23(10)2)11-6-7-28(26,27)9-11)22-16(25)12-4-3-5-13(15(12)18)17(19,20)21/h3-5,8,11H,6-7,9H2,1-2H3. The van der Waals surface area contributed by atoms with Crippen molar-refractivity contribution in [1.29, 1.82) is 0 Å². The van der Waals surface area contributed by atoms with Gasteiger partial charge in [0.25, 0.3) is 5.91 Å². The molecule has 0 aliphatic carbocycles. The van der Waals surface area contributed by atoms with Gasteiger partial charge in [0.05, 0.1) is 28.7 Å². The number of carbonyl (C=O) groups is 1. The van der Waals surface area contributed by atoms with E-state index in [4.69, 9.17) is 0 Å². The molecule has 0 N–H and O–H groups in total. The number of rotatable bonds is 2. The van der Waals surface area contributed by atoms with Crippen LogP contribution in [0.15, 0.2) is 29.3 Å². The molecule has 6 nitrogen and oxygen atoms in total. The Balaban J connectivity index is 2.09. The number of carbonyl (C=O) groups excluding carboxylic acids is 1. The molecule has 2 aromatic rings. The molecule has 1 atom stereocenters. The quantitative estimate of drug-likeness (QED) is 0.702. The van der Waals surface area contributed by atoms with E-state index in [2.05, 4.69) is 4.99 Å². The van der Waals surface area contributed by atoms with E-state index >= 15 is 0 Å². The maximum absolute atomic E-state index is 14.2. The summed E-state index contributed by atoms with van der Waals surface area (Å²) in [6, 6.07) is 3.43. The van der Waals surface area contributed by atoms with Gasteiger partial charge in [-0.25, -0.2) is 12.8 Å². The van der Waals surface area contributed by atoms with Crippen LogP contribution in [0.3, 0.4) is 0 Å². The average molecular weight is 419 g/mol. The Kier molecular flexibility index (Phi) is 4.98. The highest BCUT2D eigenvalue weighted by Gasteiger charge is 2.36. The summed E-state index contributed by atoms with van der Waals surface area (Å²) in [4.78, 5) is 16.2. The van der Waals surface area contributed by atoms with Crippen molar-refractivity contribution in [2.75, 3.05) is 11.5 Å². The molecule has 1 unspecified atom stereocenters. The summed E-state index contributed by atoms with van der Waals surface area (Å²) in [5, 5.41) is 0. The molecule has 11 heteroatoms. The van der Waals surface area contributed by atoms with Crippen LogP contribution in [0.25, 0.3) is 0 Å². The van der Waals surface area contributed by atoms with Crippen molar-refractivity contribution in [3.63, 3.8) is 0 Å². The van der Waals surface area contributed by atoms with Gasteiger partial charge in [-0.15, -0.1) is 0 Å². The van der Waals surface area contributed by atoms with Crippen molar-refractivity contribution >= 4 is 15.7 Å². The first-order chi connectivity index (χ1) is 12.9. The summed E-state index contributed by atoms with van der Waals surface area (Å²) < 4.78 is 79.5. The number of aryl methyl sites for hydroxylation is 1. The van der Waals surface area contributed by atoms with Crippen LogP contribution in [-0.4, -0.2) is 35.2 Å². The smallest absolute Gasteiger partial charge is 0.291 e. The zero-order valence-corrected chi connectivity index (χ0v) is 15.8.